The molecule has 0 unspecified atom stereocenters. The van der Waals surface area contributed by atoms with Crippen LogP contribution in [0.2, 0.25) is 0 Å². The van der Waals surface area contributed by atoms with Gasteiger partial charge in [0, 0.05) is 10.6 Å². The van der Waals surface area contributed by atoms with E-state index >= 15 is 0 Å². The monoisotopic (exact) mass is 397 g/mol. The van der Waals surface area contributed by atoms with Crippen LogP contribution in [0.15, 0.2) is 24.3 Å². The Bertz CT molecular complexity index is 956. The number of aromatic nitrogens is 3. The standard InChI is InChI=1S/C20H23N5O2S/c1-6-27-16-9-7-15(8-10-16)24-18(26)17-12(3)21-19(22-13(17)4)25-20-23-11(2)14(5)28-20/h7-10H,6H2,1-5H3,(H,24,26)(H,21,22,23,25). The van der Waals surface area contributed by atoms with E-state index in [1.807, 2.05) is 32.9 Å². The van der Waals surface area contributed by atoms with E-state index in [4.69, 9.17) is 4.74 Å². The molecule has 2 heterocycles. The molecule has 1 amide bonds. The van der Waals surface area contributed by atoms with Gasteiger partial charge in [0.25, 0.3) is 5.91 Å². The minimum absolute atomic E-state index is 0.244. The van der Waals surface area contributed by atoms with Crippen molar-refractivity contribution in [3.8, 4) is 5.75 Å². The number of rotatable bonds is 6. The van der Waals surface area contributed by atoms with Crippen molar-refractivity contribution in [1.82, 2.24) is 15.0 Å². The molecule has 0 aliphatic rings. The molecule has 3 rings (SSSR count). The van der Waals surface area contributed by atoms with Crippen LogP contribution in [0, 0.1) is 27.7 Å². The van der Waals surface area contributed by atoms with E-state index in [9.17, 15) is 4.79 Å². The van der Waals surface area contributed by atoms with E-state index in [0.29, 0.717) is 35.2 Å². The SMILES string of the molecule is CCOc1ccc(NC(=O)c2c(C)nc(Nc3nc(C)c(C)s3)nc2C)cc1. The van der Waals surface area contributed by atoms with Crippen molar-refractivity contribution in [2.45, 2.75) is 34.6 Å². The maximum atomic E-state index is 12.7. The number of benzene rings is 1. The molecule has 0 atom stereocenters. The van der Waals surface area contributed by atoms with Gasteiger partial charge in [0.05, 0.1) is 29.3 Å². The lowest BCUT2D eigenvalue weighted by atomic mass is 10.1. The summed E-state index contributed by atoms with van der Waals surface area (Å²) in [5, 5.41) is 6.74. The number of nitrogens with one attached hydrogen (secondary N) is 2. The number of ether oxygens (including phenoxy) is 1. The second-order valence-electron chi connectivity index (χ2n) is 6.29. The number of carbonyl (C=O) groups excluding carboxylic acids is 1. The Morgan fingerprint density at radius 1 is 1.00 bits per heavy atom. The highest BCUT2D eigenvalue weighted by molar-refractivity contribution is 7.15. The molecule has 7 nitrogen and oxygen atoms in total. The minimum atomic E-state index is -0.244. The van der Waals surface area contributed by atoms with Gasteiger partial charge >= 0.3 is 0 Å². The molecule has 0 spiro atoms. The molecule has 2 aromatic heterocycles. The first-order valence-electron chi connectivity index (χ1n) is 8.98. The Morgan fingerprint density at radius 3 is 2.18 bits per heavy atom. The average molecular weight is 398 g/mol. The number of hydrogen-bond donors (Lipinski definition) is 2. The van der Waals surface area contributed by atoms with Crippen molar-refractivity contribution in [3.05, 3.63) is 51.8 Å². The van der Waals surface area contributed by atoms with Gasteiger partial charge in [-0.1, -0.05) is 0 Å². The molecule has 146 valence electrons. The van der Waals surface area contributed by atoms with Gasteiger partial charge in [-0.15, -0.1) is 11.3 Å². The third-order valence-electron chi connectivity index (χ3n) is 4.17. The lowest BCUT2D eigenvalue weighted by molar-refractivity contribution is 0.102. The molecule has 0 aliphatic heterocycles. The van der Waals surface area contributed by atoms with Crippen LogP contribution in [-0.2, 0) is 0 Å². The summed E-state index contributed by atoms with van der Waals surface area (Å²) in [4.78, 5) is 27.2. The van der Waals surface area contributed by atoms with Crippen LogP contribution in [0.1, 0.15) is 39.2 Å². The van der Waals surface area contributed by atoms with E-state index < -0.39 is 0 Å². The maximum Gasteiger partial charge on any atom is 0.259 e. The van der Waals surface area contributed by atoms with Gasteiger partial charge in [-0.05, 0) is 58.9 Å². The van der Waals surface area contributed by atoms with Gasteiger partial charge in [0.2, 0.25) is 5.95 Å². The Labute approximate surface area is 168 Å². The van der Waals surface area contributed by atoms with Crippen LogP contribution >= 0.6 is 11.3 Å². The van der Waals surface area contributed by atoms with Gasteiger partial charge < -0.3 is 15.4 Å². The van der Waals surface area contributed by atoms with E-state index in [1.165, 1.54) is 0 Å². The second-order valence-corrected chi connectivity index (χ2v) is 7.49. The summed E-state index contributed by atoms with van der Waals surface area (Å²) >= 11 is 1.55. The summed E-state index contributed by atoms with van der Waals surface area (Å²) in [7, 11) is 0. The first kappa shape index (κ1) is 19.8. The molecule has 0 radical (unpaired) electrons. The van der Waals surface area contributed by atoms with Gasteiger partial charge in [-0.2, -0.15) is 0 Å². The van der Waals surface area contributed by atoms with Crippen LogP contribution in [0.5, 0.6) is 5.75 Å². The number of amides is 1. The van der Waals surface area contributed by atoms with Crippen LogP contribution in [-0.4, -0.2) is 27.5 Å². The highest BCUT2D eigenvalue weighted by atomic mass is 32.1. The molecule has 3 aromatic rings. The number of hydrogen-bond acceptors (Lipinski definition) is 7. The van der Waals surface area contributed by atoms with E-state index in [-0.39, 0.29) is 5.91 Å². The van der Waals surface area contributed by atoms with Gasteiger partial charge in [-0.25, -0.2) is 15.0 Å². The molecule has 0 bridgehead atoms. The van der Waals surface area contributed by atoms with Crippen molar-refractivity contribution in [1.29, 1.82) is 0 Å². The van der Waals surface area contributed by atoms with Crippen molar-refractivity contribution in [3.63, 3.8) is 0 Å². The van der Waals surface area contributed by atoms with Crippen LogP contribution < -0.4 is 15.4 Å². The summed E-state index contributed by atoms with van der Waals surface area (Å²) in [6.07, 6.45) is 0. The van der Waals surface area contributed by atoms with Crippen molar-refractivity contribution < 1.29 is 9.53 Å². The fourth-order valence-corrected chi connectivity index (χ4v) is 3.53. The summed E-state index contributed by atoms with van der Waals surface area (Å²) < 4.78 is 5.42. The van der Waals surface area contributed by atoms with Gasteiger partial charge in [-0.3, -0.25) is 4.79 Å². The number of aryl methyl sites for hydroxylation is 4. The quantitative estimate of drug-likeness (QED) is 0.634. The first-order chi connectivity index (χ1) is 13.4. The van der Waals surface area contributed by atoms with Gasteiger partial charge in [0.1, 0.15) is 5.75 Å². The molecular weight excluding hydrogens is 374 g/mol. The summed E-state index contributed by atoms with van der Waals surface area (Å²) in [6, 6.07) is 7.25. The topological polar surface area (TPSA) is 89.0 Å². The highest BCUT2D eigenvalue weighted by Gasteiger charge is 2.17. The zero-order valence-electron chi connectivity index (χ0n) is 16.6. The summed E-state index contributed by atoms with van der Waals surface area (Å²) in [5.74, 6) is 0.951. The second kappa shape index (κ2) is 8.35. The lowest BCUT2D eigenvalue weighted by Crippen LogP contribution is -2.17. The molecule has 0 aliphatic carbocycles. The molecule has 0 fully saturated rings. The molecule has 28 heavy (non-hydrogen) atoms. The van der Waals surface area contributed by atoms with Crippen LogP contribution in [0.4, 0.5) is 16.8 Å². The molecular formula is C20H23N5O2S. The number of thiazole rings is 1. The largest absolute Gasteiger partial charge is 0.494 e. The molecule has 2 N–H and O–H groups in total. The minimum Gasteiger partial charge on any atom is -0.494 e. The summed E-state index contributed by atoms with van der Waals surface area (Å²) in [5.41, 5.74) is 3.33. The Kier molecular flexibility index (Phi) is 5.89. The molecule has 0 saturated heterocycles. The Balaban J connectivity index is 1.76. The van der Waals surface area contributed by atoms with E-state index in [1.54, 1.807) is 37.3 Å². The normalized spacial score (nSPS) is 10.6. The average Bonchev–Trinajstić information content (AvgIpc) is 2.93. The Hall–Kier alpha value is -3.00. The van der Waals surface area contributed by atoms with E-state index in [2.05, 4.69) is 25.6 Å². The van der Waals surface area contributed by atoms with Crippen molar-refractivity contribution in [2.24, 2.45) is 0 Å². The number of nitrogens with zero attached hydrogens (tertiary/aromatic N) is 3. The maximum absolute atomic E-state index is 12.7. The zero-order chi connectivity index (χ0) is 20.3. The first-order valence-corrected chi connectivity index (χ1v) is 9.79. The smallest absolute Gasteiger partial charge is 0.259 e. The predicted molar refractivity (Wildman–Crippen MR) is 112 cm³/mol. The number of anilines is 3. The number of carbonyl (C=O) groups is 1. The fraction of sp³-hybridized carbons (Fsp3) is 0.300. The molecule has 0 saturated carbocycles. The predicted octanol–water partition coefficient (Wildman–Crippen LogP) is 4.56. The highest BCUT2D eigenvalue weighted by Crippen LogP contribution is 2.24. The lowest BCUT2D eigenvalue weighted by Gasteiger charge is -2.12. The van der Waals surface area contributed by atoms with Crippen molar-refractivity contribution >= 4 is 34.0 Å². The van der Waals surface area contributed by atoms with Gasteiger partial charge in [0.15, 0.2) is 5.13 Å². The molecule has 8 heteroatoms. The van der Waals surface area contributed by atoms with Crippen molar-refractivity contribution in [2.75, 3.05) is 17.2 Å². The third kappa shape index (κ3) is 4.45. The Morgan fingerprint density at radius 2 is 1.64 bits per heavy atom. The fourth-order valence-electron chi connectivity index (χ4n) is 2.72. The van der Waals surface area contributed by atoms with E-state index in [0.717, 1.165) is 21.5 Å². The molecule has 1 aromatic carbocycles. The third-order valence-corrected chi connectivity index (χ3v) is 5.16. The summed E-state index contributed by atoms with van der Waals surface area (Å²) in [6.45, 7) is 10.1. The van der Waals surface area contributed by atoms with Crippen LogP contribution in [0.3, 0.4) is 0 Å². The zero-order valence-corrected chi connectivity index (χ0v) is 17.4. The van der Waals surface area contributed by atoms with Crippen LogP contribution in [0.25, 0.3) is 0 Å².